The molecule has 0 aliphatic carbocycles. The third-order valence-corrected chi connectivity index (χ3v) is 4.25. The van der Waals surface area contributed by atoms with Crippen LogP contribution >= 0.6 is 0 Å². The molecule has 1 saturated heterocycles. The van der Waals surface area contributed by atoms with Gasteiger partial charge in [-0.15, -0.1) is 0 Å². The number of carbonyl (C=O) groups excluding carboxylic acids is 1. The first kappa shape index (κ1) is 21.0. The molecule has 0 unspecified atom stereocenters. The Bertz CT molecular complexity index is 361. The maximum Gasteiger partial charge on any atom is 0.317 e. The summed E-state index contributed by atoms with van der Waals surface area (Å²) in [6, 6.07) is 0. The van der Waals surface area contributed by atoms with Crippen molar-refractivity contribution in [1.82, 2.24) is 20.4 Å². The van der Waals surface area contributed by atoms with E-state index in [4.69, 9.17) is 5.11 Å². The fraction of sp³-hybridized carbons (Fsp3) is 0.882. The highest BCUT2D eigenvalue weighted by Gasteiger charge is 2.14. The molecule has 0 aromatic rings. The minimum atomic E-state index is -0.769. The van der Waals surface area contributed by atoms with Gasteiger partial charge in [-0.1, -0.05) is 13.8 Å². The highest BCUT2D eigenvalue weighted by atomic mass is 16.4. The van der Waals surface area contributed by atoms with Crippen molar-refractivity contribution in [1.29, 1.82) is 0 Å². The van der Waals surface area contributed by atoms with Crippen LogP contribution < -0.4 is 10.6 Å². The molecule has 1 heterocycles. The average Bonchev–Trinajstić information content (AvgIpc) is 2.51. The Hall–Kier alpha value is -1.02. The van der Waals surface area contributed by atoms with E-state index in [-0.39, 0.29) is 12.5 Å². The number of ketones is 1. The first-order valence-corrected chi connectivity index (χ1v) is 9.09. The summed E-state index contributed by atoms with van der Waals surface area (Å²) >= 11 is 0. The van der Waals surface area contributed by atoms with Crippen LogP contribution in [0.15, 0.2) is 0 Å². The molecule has 1 aliphatic heterocycles. The Balaban J connectivity index is 2.42. The molecule has 0 spiro atoms. The number of aliphatic carboxylic acids is 1. The van der Waals surface area contributed by atoms with E-state index in [0.717, 1.165) is 65.2 Å². The van der Waals surface area contributed by atoms with Crippen LogP contribution in [0, 0.1) is 5.92 Å². The Morgan fingerprint density at radius 2 is 1.38 bits per heavy atom. The lowest BCUT2D eigenvalue weighted by Gasteiger charge is -2.24. The van der Waals surface area contributed by atoms with Crippen LogP contribution in [0.1, 0.15) is 26.7 Å². The van der Waals surface area contributed by atoms with Crippen molar-refractivity contribution in [2.24, 2.45) is 5.92 Å². The molecule has 0 aromatic heterocycles. The van der Waals surface area contributed by atoms with E-state index in [0.29, 0.717) is 12.3 Å². The van der Waals surface area contributed by atoms with Gasteiger partial charge in [-0.2, -0.15) is 0 Å². The van der Waals surface area contributed by atoms with E-state index in [1.807, 2.05) is 18.7 Å². The van der Waals surface area contributed by atoms with Crippen molar-refractivity contribution in [3.8, 4) is 0 Å². The van der Waals surface area contributed by atoms with Gasteiger partial charge in [-0.25, -0.2) is 0 Å². The van der Waals surface area contributed by atoms with Crippen molar-refractivity contribution in [3.05, 3.63) is 0 Å². The maximum atomic E-state index is 12.0. The fourth-order valence-corrected chi connectivity index (χ4v) is 2.71. The van der Waals surface area contributed by atoms with Crippen molar-refractivity contribution in [2.75, 3.05) is 65.4 Å². The lowest BCUT2D eigenvalue weighted by molar-refractivity contribution is -0.138. The second-order valence-corrected chi connectivity index (χ2v) is 6.77. The maximum absolute atomic E-state index is 12.0. The molecule has 140 valence electrons. The molecular formula is C17H34N4O3. The minimum Gasteiger partial charge on any atom is -0.480 e. The predicted octanol–water partition coefficient (Wildman–Crippen LogP) is -0.127. The third-order valence-electron chi connectivity index (χ3n) is 4.25. The molecule has 1 fully saturated rings. The van der Waals surface area contributed by atoms with Crippen LogP contribution in [0.5, 0.6) is 0 Å². The molecule has 3 N–H and O–H groups in total. The molecule has 1 rings (SSSR count). The van der Waals surface area contributed by atoms with E-state index in [1.54, 1.807) is 0 Å². The summed E-state index contributed by atoms with van der Waals surface area (Å²) in [6.07, 6.45) is 1.92. The molecule has 7 heteroatoms. The van der Waals surface area contributed by atoms with Crippen molar-refractivity contribution < 1.29 is 14.7 Å². The lowest BCUT2D eigenvalue weighted by Crippen LogP contribution is -2.41. The number of rotatable bonds is 5. The number of carbonyl (C=O) groups is 2. The number of carboxylic acid groups (broad SMARTS) is 1. The summed E-state index contributed by atoms with van der Waals surface area (Å²) in [4.78, 5) is 27.1. The molecule has 0 radical (unpaired) electrons. The number of Topliss-reactive ketones (excluding diaryl/α,β-unsaturated/α-hetero) is 1. The summed E-state index contributed by atoms with van der Waals surface area (Å²) in [5.41, 5.74) is 0. The van der Waals surface area contributed by atoms with E-state index >= 15 is 0 Å². The molecule has 0 bridgehead atoms. The van der Waals surface area contributed by atoms with Gasteiger partial charge in [-0.3, -0.25) is 19.4 Å². The van der Waals surface area contributed by atoms with E-state index in [2.05, 4.69) is 15.5 Å². The van der Waals surface area contributed by atoms with Gasteiger partial charge in [0.25, 0.3) is 0 Å². The zero-order valence-electron chi connectivity index (χ0n) is 15.2. The largest absolute Gasteiger partial charge is 0.480 e. The van der Waals surface area contributed by atoms with Crippen LogP contribution in [0.3, 0.4) is 0 Å². The zero-order chi connectivity index (χ0) is 17.8. The summed E-state index contributed by atoms with van der Waals surface area (Å²) in [7, 11) is 0. The smallest absolute Gasteiger partial charge is 0.317 e. The molecule has 7 nitrogen and oxygen atoms in total. The Morgan fingerprint density at radius 3 is 1.83 bits per heavy atom. The first-order chi connectivity index (χ1) is 11.5. The first-order valence-electron chi connectivity index (χ1n) is 9.09. The normalized spacial score (nSPS) is 20.6. The molecule has 24 heavy (non-hydrogen) atoms. The van der Waals surface area contributed by atoms with E-state index in [1.165, 1.54) is 0 Å². The topological polar surface area (TPSA) is 84.9 Å². The number of hydrogen-bond donors (Lipinski definition) is 3. The standard InChI is InChI=1S/C17H34N4O3/c1-15(2)16(22)13-20-9-3-5-19-8-12-21(14-17(23)24)10-4-6-18-7-11-20/h15,18-19H,3-14H2,1-2H3,(H,23,24). The summed E-state index contributed by atoms with van der Waals surface area (Å²) < 4.78 is 0. The second kappa shape index (κ2) is 12.4. The second-order valence-electron chi connectivity index (χ2n) is 6.77. The molecule has 0 saturated carbocycles. The summed E-state index contributed by atoms with van der Waals surface area (Å²) in [6.45, 7) is 11.3. The van der Waals surface area contributed by atoms with Gasteiger partial charge in [0.15, 0.2) is 0 Å². The van der Waals surface area contributed by atoms with E-state index in [9.17, 15) is 9.59 Å². The molecular weight excluding hydrogens is 308 g/mol. The summed E-state index contributed by atoms with van der Waals surface area (Å²) in [5.74, 6) is -0.382. The van der Waals surface area contributed by atoms with Gasteiger partial charge < -0.3 is 15.7 Å². The van der Waals surface area contributed by atoms with Crippen molar-refractivity contribution in [3.63, 3.8) is 0 Å². The lowest BCUT2D eigenvalue weighted by atomic mass is 10.1. The number of hydrogen-bond acceptors (Lipinski definition) is 6. The fourth-order valence-electron chi connectivity index (χ4n) is 2.71. The van der Waals surface area contributed by atoms with Gasteiger partial charge in [0.2, 0.25) is 0 Å². The zero-order valence-corrected chi connectivity index (χ0v) is 15.2. The molecule has 0 aromatic carbocycles. The average molecular weight is 342 g/mol. The minimum absolute atomic E-state index is 0.0874. The molecule has 0 amide bonds. The summed E-state index contributed by atoms with van der Waals surface area (Å²) in [5, 5.41) is 15.7. The highest BCUT2D eigenvalue weighted by molar-refractivity contribution is 5.82. The quantitative estimate of drug-likeness (QED) is 0.642. The Kier molecular flexibility index (Phi) is 10.8. The monoisotopic (exact) mass is 342 g/mol. The van der Waals surface area contributed by atoms with Crippen molar-refractivity contribution >= 4 is 11.8 Å². The van der Waals surface area contributed by atoms with Crippen LogP contribution in [-0.4, -0.2) is 92.1 Å². The Morgan fingerprint density at radius 1 is 0.875 bits per heavy atom. The predicted molar refractivity (Wildman–Crippen MR) is 95.3 cm³/mol. The van der Waals surface area contributed by atoms with E-state index < -0.39 is 5.97 Å². The Labute approximate surface area is 145 Å². The highest BCUT2D eigenvalue weighted by Crippen LogP contribution is 1.99. The molecule has 1 aliphatic rings. The molecule has 0 atom stereocenters. The SMILES string of the molecule is CC(C)C(=O)CN1CCCNCCN(CC(=O)O)CCCNCC1. The van der Waals surface area contributed by atoms with Crippen LogP contribution in [0.2, 0.25) is 0 Å². The van der Waals surface area contributed by atoms with Crippen LogP contribution in [-0.2, 0) is 9.59 Å². The van der Waals surface area contributed by atoms with Crippen LogP contribution in [0.25, 0.3) is 0 Å². The number of nitrogens with zero attached hydrogens (tertiary/aromatic N) is 2. The number of nitrogens with one attached hydrogen (secondary N) is 2. The van der Waals surface area contributed by atoms with Gasteiger partial charge in [0, 0.05) is 32.1 Å². The van der Waals surface area contributed by atoms with Gasteiger partial charge in [-0.05, 0) is 39.0 Å². The van der Waals surface area contributed by atoms with Crippen molar-refractivity contribution in [2.45, 2.75) is 26.7 Å². The van der Waals surface area contributed by atoms with Gasteiger partial charge >= 0.3 is 5.97 Å². The van der Waals surface area contributed by atoms with Crippen LogP contribution in [0.4, 0.5) is 0 Å². The third kappa shape index (κ3) is 9.97. The number of carboxylic acids is 1. The van der Waals surface area contributed by atoms with Gasteiger partial charge in [0.1, 0.15) is 5.78 Å². The van der Waals surface area contributed by atoms with Gasteiger partial charge in [0.05, 0.1) is 13.1 Å².